The molecule has 0 aliphatic heterocycles. The fourth-order valence-electron chi connectivity index (χ4n) is 5.37. The molecule has 3 fully saturated rings. The molecule has 5 heteroatoms. The number of fused-ring (bicyclic) bond motifs is 2. The van der Waals surface area contributed by atoms with Crippen LogP contribution in [-0.4, -0.2) is 17.0 Å². The zero-order chi connectivity index (χ0) is 20.8. The van der Waals surface area contributed by atoms with E-state index in [1.807, 2.05) is 6.07 Å². The summed E-state index contributed by atoms with van der Waals surface area (Å²) in [5, 5.41) is 4.35. The molecule has 2 bridgehead atoms. The van der Waals surface area contributed by atoms with Crippen LogP contribution in [0.1, 0.15) is 73.1 Å². The molecule has 3 aliphatic carbocycles. The number of aryl methyl sites for hydroxylation is 2. The molecule has 5 nitrogen and oxygen atoms in total. The Bertz CT molecular complexity index is 924. The number of ether oxygens (including phenoxy) is 2. The van der Waals surface area contributed by atoms with Gasteiger partial charge in [-0.1, -0.05) is 30.3 Å². The van der Waals surface area contributed by atoms with Crippen molar-refractivity contribution in [3.8, 4) is 5.75 Å². The number of carbonyl (C=O) groups excluding carboxylic acids is 1. The lowest BCUT2D eigenvalue weighted by Crippen LogP contribution is -2.32. The van der Waals surface area contributed by atoms with Crippen molar-refractivity contribution in [2.45, 2.75) is 78.1 Å². The summed E-state index contributed by atoms with van der Waals surface area (Å²) in [5.41, 5.74) is 4.13. The summed E-state index contributed by atoms with van der Waals surface area (Å²) < 4.78 is 18.2. The van der Waals surface area contributed by atoms with Gasteiger partial charge in [0.15, 0.2) is 0 Å². The highest BCUT2D eigenvalue weighted by molar-refractivity contribution is 5.86. The number of Topliss-reactive ketones (excluding diaryl/α,β-unsaturated/α-hetero) is 1. The van der Waals surface area contributed by atoms with Crippen molar-refractivity contribution in [1.82, 2.24) is 5.16 Å². The van der Waals surface area contributed by atoms with Crippen LogP contribution in [0.25, 0.3) is 0 Å². The lowest BCUT2D eigenvalue weighted by Gasteiger charge is -2.27. The predicted octanol–water partition coefficient (Wildman–Crippen LogP) is 5.27. The first kappa shape index (κ1) is 19.8. The van der Waals surface area contributed by atoms with Gasteiger partial charge in [0.2, 0.25) is 0 Å². The maximum absolute atomic E-state index is 12.4. The fraction of sp³-hybridized carbons (Fsp3) is 0.600. The van der Waals surface area contributed by atoms with E-state index >= 15 is 0 Å². The van der Waals surface area contributed by atoms with Gasteiger partial charge in [-0.3, -0.25) is 4.79 Å². The van der Waals surface area contributed by atoms with Crippen molar-refractivity contribution >= 4 is 5.78 Å². The number of aromatic nitrogens is 1. The molecule has 1 aromatic heterocycles. The molecule has 5 rings (SSSR count). The second-order valence-electron chi connectivity index (χ2n) is 9.58. The lowest BCUT2D eigenvalue weighted by molar-refractivity contribution is -0.130. The summed E-state index contributed by atoms with van der Waals surface area (Å²) >= 11 is 0. The van der Waals surface area contributed by atoms with Crippen LogP contribution in [0.3, 0.4) is 0 Å². The Balaban J connectivity index is 1.29. The Labute approximate surface area is 178 Å². The molecule has 0 N–H and O–H groups in total. The van der Waals surface area contributed by atoms with Crippen LogP contribution in [0.2, 0.25) is 0 Å². The Morgan fingerprint density at radius 2 is 1.83 bits per heavy atom. The van der Waals surface area contributed by atoms with Crippen molar-refractivity contribution in [3.63, 3.8) is 0 Å². The predicted molar refractivity (Wildman–Crippen MR) is 112 cm³/mol. The topological polar surface area (TPSA) is 61.6 Å². The Kier molecular flexibility index (Phi) is 5.18. The van der Waals surface area contributed by atoms with Gasteiger partial charge in [0.05, 0.1) is 12.7 Å². The molecule has 1 aromatic carbocycles. The zero-order valence-corrected chi connectivity index (χ0v) is 18.1. The average molecular weight is 410 g/mol. The van der Waals surface area contributed by atoms with Crippen LogP contribution < -0.4 is 4.74 Å². The highest BCUT2D eigenvalue weighted by atomic mass is 16.5. The van der Waals surface area contributed by atoms with E-state index in [-0.39, 0.29) is 17.9 Å². The number of nitrogens with zero attached hydrogens (tertiary/aromatic N) is 1. The molecule has 3 aliphatic rings. The molecule has 4 atom stereocenters. The maximum atomic E-state index is 12.4. The largest absolute Gasteiger partial charge is 0.487 e. The van der Waals surface area contributed by atoms with Crippen LogP contribution >= 0.6 is 0 Å². The number of ketones is 1. The smallest absolute Gasteiger partial charge is 0.145 e. The molecule has 0 spiro atoms. The van der Waals surface area contributed by atoms with Crippen molar-refractivity contribution < 1.29 is 18.8 Å². The van der Waals surface area contributed by atoms with Crippen molar-refractivity contribution in [3.05, 3.63) is 46.3 Å². The highest BCUT2D eigenvalue weighted by Crippen LogP contribution is 2.45. The second kappa shape index (κ2) is 7.84. The summed E-state index contributed by atoms with van der Waals surface area (Å²) in [6.45, 7) is 7.20. The summed E-state index contributed by atoms with van der Waals surface area (Å²) in [5.74, 6) is 3.69. The minimum absolute atomic E-state index is 0.150. The van der Waals surface area contributed by atoms with E-state index in [0.29, 0.717) is 30.8 Å². The van der Waals surface area contributed by atoms with Crippen molar-refractivity contribution in [2.24, 2.45) is 17.8 Å². The molecule has 2 aromatic rings. The summed E-state index contributed by atoms with van der Waals surface area (Å²) in [7, 11) is 0. The third kappa shape index (κ3) is 3.68. The van der Waals surface area contributed by atoms with Crippen molar-refractivity contribution in [1.29, 1.82) is 0 Å². The van der Waals surface area contributed by atoms with E-state index < -0.39 is 0 Å². The molecule has 0 amide bonds. The minimum atomic E-state index is 0.150. The molecular weight excluding hydrogens is 378 g/mol. The van der Waals surface area contributed by atoms with Gasteiger partial charge >= 0.3 is 0 Å². The highest BCUT2D eigenvalue weighted by Gasteiger charge is 2.46. The molecular formula is C25H31NO4. The molecule has 1 heterocycles. The minimum Gasteiger partial charge on any atom is -0.487 e. The zero-order valence-electron chi connectivity index (χ0n) is 18.1. The lowest BCUT2D eigenvalue weighted by atomic mass is 9.84. The van der Waals surface area contributed by atoms with Gasteiger partial charge < -0.3 is 14.0 Å². The van der Waals surface area contributed by atoms with Gasteiger partial charge in [0, 0.05) is 23.3 Å². The van der Waals surface area contributed by atoms with Crippen LogP contribution in [0.15, 0.2) is 22.7 Å². The van der Waals surface area contributed by atoms with Gasteiger partial charge in [0.25, 0.3) is 0 Å². The number of benzene rings is 1. The second-order valence-corrected chi connectivity index (χ2v) is 9.58. The number of carbonyl (C=O) groups is 1. The Morgan fingerprint density at radius 1 is 1.07 bits per heavy atom. The van der Waals surface area contributed by atoms with Crippen LogP contribution in [0.4, 0.5) is 0 Å². The first-order valence-corrected chi connectivity index (χ1v) is 11.3. The first-order valence-electron chi connectivity index (χ1n) is 11.3. The van der Waals surface area contributed by atoms with E-state index in [1.54, 1.807) is 0 Å². The summed E-state index contributed by atoms with van der Waals surface area (Å²) in [6, 6.07) is 6.16. The standard InChI is InChI=1S/C25H31NO4/c1-14-5-4-6-15(2)24(14)29-13-22-21(25(30-26-22)17-7-8-17)12-28-19-10-18-9-16(3)20(11-19)23(18)27/h4-6,16-20H,7-13H2,1-3H3/t16-,18+,19+,20+/m0/s1. The van der Waals surface area contributed by atoms with Crippen LogP contribution in [0, 0.1) is 31.6 Å². The number of para-hydroxylation sites is 1. The average Bonchev–Trinajstić information content (AvgIpc) is 3.46. The Morgan fingerprint density at radius 3 is 2.53 bits per heavy atom. The van der Waals surface area contributed by atoms with E-state index in [4.69, 9.17) is 14.0 Å². The van der Waals surface area contributed by atoms with Gasteiger partial charge in [0.1, 0.15) is 29.6 Å². The van der Waals surface area contributed by atoms with Gasteiger partial charge in [-0.25, -0.2) is 0 Å². The monoisotopic (exact) mass is 409 g/mol. The molecule has 0 radical (unpaired) electrons. The van der Waals surface area contributed by atoms with E-state index in [0.717, 1.165) is 66.0 Å². The van der Waals surface area contributed by atoms with E-state index in [2.05, 4.69) is 38.1 Å². The van der Waals surface area contributed by atoms with Crippen LogP contribution in [-0.2, 0) is 22.7 Å². The fourth-order valence-corrected chi connectivity index (χ4v) is 5.37. The quantitative estimate of drug-likeness (QED) is 0.623. The molecule has 30 heavy (non-hydrogen) atoms. The van der Waals surface area contributed by atoms with Crippen LogP contribution in [0.5, 0.6) is 5.75 Å². The Hall–Kier alpha value is -2.14. The normalized spacial score (nSPS) is 28.2. The van der Waals surface area contributed by atoms with E-state index in [1.165, 1.54) is 0 Å². The van der Waals surface area contributed by atoms with Crippen molar-refractivity contribution in [2.75, 3.05) is 0 Å². The summed E-state index contributed by atoms with van der Waals surface area (Å²) in [4.78, 5) is 12.4. The molecule has 0 unspecified atom stereocenters. The third-order valence-electron chi connectivity index (χ3n) is 7.25. The molecule has 160 valence electrons. The summed E-state index contributed by atoms with van der Waals surface area (Å²) in [6.07, 6.45) is 5.20. The van der Waals surface area contributed by atoms with Gasteiger partial charge in [-0.05, 0) is 63.0 Å². The maximum Gasteiger partial charge on any atom is 0.145 e. The van der Waals surface area contributed by atoms with Gasteiger partial charge in [-0.2, -0.15) is 0 Å². The first-order chi connectivity index (χ1) is 14.5. The number of hydrogen-bond donors (Lipinski definition) is 0. The molecule has 0 saturated heterocycles. The number of rotatable bonds is 7. The number of hydrogen-bond acceptors (Lipinski definition) is 5. The third-order valence-corrected chi connectivity index (χ3v) is 7.25. The molecule has 3 saturated carbocycles. The SMILES string of the molecule is Cc1cccc(C)c1OCc1noc(C2CC2)c1CO[C@@H]1C[C@H]2C[C@H](C)[C@@H](C1)C2=O. The van der Waals surface area contributed by atoms with Gasteiger partial charge in [-0.15, -0.1) is 0 Å². The van der Waals surface area contributed by atoms with E-state index in [9.17, 15) is 4.79 Å².